The summed E-state index contributed by atoms with van der Waals surface area (Å²) in [7, 11) is 0. The molecule has 2 fully saturated rings. The Kier molecular flexibility index (Phi) is 7.25. The first-order chi connectivity index (χ1) is 21.8. The van der Waals surface area contributed by atoms with Crippen molar-refractivity contribution in [1.29, 1.82) is 0 Å². The maximum absolute atomic E-state index is 15.6. The summed E-state index contributed by atoms with van der Waals surface area (Å²) in [5, 5.41) is 7.96. The van der Waals surface area contributed by atoms with Gasteiger partial charge in [0, 0.05) is 45.5 Å². The number of benzene rings is 3. The molecule has 1 aliphatic carbocycles. The van der Waals surface area contributed by atoms with Crippen LogP contribution in [0, 0.1) is 11.7 Å². The Balaban J connectivity index is 1.16. The molecule has 12 heteroatoms. The van der Waals surface area contributed by atoms with Gasteiger partial charge < -0.3 is 16.0 Å². The lowest BCUT2D eigenvalue weighted by molar-refractivity contribution is -0.140. The summed E-state index contributed by atoms with van der Waals surface area (Å²) >= 11 is 6.31. The van der Waals surface area contributed by atoms with Gasteiger partial charge in [0.2, 0.25) is 11.8 Å². The summed E-state index contributed by atoms with van der Waals surface area (Å²) in [4.78, 5) is 50.0. The number of hydrogen-bond donors (Lipinski definition) is 2. The van der Waals surface area contributed by atoms with E-state index in [1.165, 1.54) is 10.7 Å². The molecule has 2 aromatic heterocycles. The molecule has 45 heavy (non-hydrogen) atoms. The summed E-state index contributed by atoms with van der Waals surface area (Å²) < 4.78 is 17.1. The van der Waals surface area contributed by atoms with E-state index < -0.39 is 23.7 Å². The first-order valence-electron chi connectivity index (χ1n) is 14.5. The van der Waals surface area contributed by atoms with E-state index in [1.807, 2.05) is 0 Å². The number of halogens is 2. The molecule has 3 aromatic carbocycles. The highest BCUT2D eigenvalue weighted by Crippen LogP contribution is 2.44. The smallest absolute Gasteiger partial charge is 0.269 e. The van der Waals surface area contributed by atoms with E-state index in [9.17, 15) is 14.4 Å². The number of likely N-dealkylation sites (tertiary alicyclic amines) is 1. The largest absolute Gasteiger partial charge is 0.364 e. The zero-order chi connectivity index (χ0) is 31.2. The fourth-order valence-electron chi connectivity index (χ4n) is 6.43. The third-order valence-corrected chi connectivity index (χ3v) is 9.03. The molecule has 0 unspecified atom stereocenters. The van der Waals surface area contributed by atoms with Gasteiger partial charge in [0.25, 0.3) is 5.91 Å². The molecule has 1 aliphatic heterocycles. The van der Waals surface area contributed by atoms with Crippen LogP contribution in [0.25, 0.3) is 33.4 Å². The number of primary amides is 1. The fourth-order valence-corrected chi connectivity index (χ4v) is 6.66. The number of anilines is 1. The molecule has 7 rings (SSSR count). The molecule has 0 spiro atoms. The SMILES string of the molecule is NC(=O)c1nn(CC(=O)N2[C@@H]3CC[C@@H]3C[C@H]2C(=O)Nc2cccc(-c3ccccc3Cl)c2F)c2ccc(-c3ncccn3)cc12. The predicted octanol–water partition coefficient (Wildman–Crippen LogP) is 5.07. The van der Waals surface area contributed by atoms with Crippen molar-refractivity contribution < 1.29 is 18.8 Å². The third kappa shape index (κ3) is 5.08. The number of carbonyl (C=O) groups is 3. The van der Waals surface area contributed by atoms with Gasteiger partial charge in [0.05, 0.1) is 11.2 Å². The topological polar surface area (TPSA) is 136 Å². The summed E-state index contributed by atoms with van der Waals surface area (Å²) in [6.07, 6.45) is 5.37. The van der Waals surface area contributed by atoms with Gasteiger partial charge in [-0.1, -0.05) is 41.9 Å². The van der Waals surface area contributed by atoms with Crippen LogP contribution in [0.1, 0.15) is 29.8 Å². The van der Waals surface area contributed by atoms with Crippen molar-refractivity contribution in [2.75, 3.05) is 5.32 Å². The highest BCUT2D eigenvalue weighted by atomic mass is 35.5. The monoisotopic (exact) mass is 623 g/mol. The first kappa shape index (κ1) is 28.6. The first-order valence-corrected chi connectivity index (χ1v) is 14.9. The quantitative estimate of drug-likeness (QED) is 0.260. The Morgan fingerprint density at radius 1 is 0.978 bits per heavy atom. The van der Waals surface area contributed by atoms with Crippen LogP contribution in [0.4, 0.5) is 10.1 Å². The van der Waals surface area contributed by atoms with Crippen LogP contribution >= 0.6 is 11.6 Å². The van der Waals surface area contributed by atoms with Crippen LogP contribution in [0.15, 0.2) is 79.1 Å². The van der Waals surface area contributed by atoms with E-state index in [0.717, 1.165) is 12.8 Å². The third-order valence-electron chi connectivity index (χ3n) is 8.70. The molecule has 1 saturated carbocycles. The van der Waals surface area contributed by atoms with Gasteiger partial charge in [-0.25, -0.2) is 14.4 Å². The number of amides is 3. The molecule has 226 valence electrons. The molecule has 5 aromatic rings. The van der Waals surface area contributed by atoms with Gasteiger partial charge >= 0.3 is 0 Å². The van der Waals surface area contributed by atoms with Crippen molar-refractivity contribution in [3.8, 4) is 22.5 Å². The Morgan fingerprint density at radius 2 is 1.76 bits per heavy atom. The van der Waals surface area contributed by atoms with E-state index >= 15 is 4.39 Å². The molecule has 3 N–H and O–H groups in total. The minimum atomic E-state index is -0.794. The number of nitrogens with zero attached hydrogens (tertiary/aromatic N) is 5. The number of hydrogen-bond acceptors (Lipinski definition) is 6. The average molecular weight is 624 g/mol. The van der Waals surface area contributed by atoms with Crippen LogP contribution in [-0.4, -0.2) is 54.5 Å². The number of nitrogens with one attached hydrogen (secondary N) is 1. The van der Waals surface area contributed by atoms with E-state index in [1.54, 1.807) is 78.0 Å². The number of carbonyl (C=O) groups excluding carboxylic acids is 3. The molecular formula is C33H27ClFN7O3. The molecular weight excluding hydrogens is 597 g/mol. The van der Waals surface area contributed by atoms with E-state index in [2.05, 4.69) is 20.4 Å². The van der Waals surface area contributed by atoms with E-state index in [-0.39, 0.29) is 41.4 Å². The van der Waals surface area contributed by atoms with Gasteiger partial charge in [0.1, 0.15) is 12.6 Å². The number of aromatic nitrogens is 4. The maximum atomic E-state index is 15.6. The van der Waals surface area contributed by atoms with Crippen molar-refractivity contribution in [2.45, 2.75) is 37.9 Å². The molecule has 2 aliphatic rings. The normalized spacial score (nSPS) is 18.8. The van der Waals surface area contributed by atoms with Crippen molar-refractivity contribution in [1.82, 2.24) is 24.6 Å². The summed E-state index contributed by atoms with van der Waals surface area (Å²) in [5.74, 6) is -1.51. The Labute approximate surface area is 262 Å². The minimum absolute atomic E-state index is 0.00596. The van der Waals surface area contributed by atoms with Crippen molar-refractivity contribution in [2.24, 2.45) is 11.7 Å². The minimum Gasteiger partial charge on any atom is -0.364 e. The Hall–Kier alpha value is -5.16. The predicted molar refractivity (Wildman–Crippen MR) is 167 cm³/mol. The van der Waals surface area contributed by atoms with Crippen molar-refractivity contribution in [3.05, 3.63) is 95.7 Å². The second-order valence-electron chi connectivity index (χ2n) is 11.3. The Bertz CT molecular complexity index is 1980. The highest BCUT2D eigenvalue weighted by Gasteiger charge is 2.51. The molecule has 0 radical (unpaired) electrons. The van der Waals surface area contributed by atoms with Gasteiger partial charge in [-0.15, -0.1) is 0 Å². The fraction of sp³-hybridized carbons (Fsp3) is 0.212. The van der Waals surface area contributed by atoms with Crippen LogP contribution in [-0.2, 0) is 16.1 Å². The lowest BCUT2D eigenvalue weighted by atomic mass is 9.80. The van der Waals surface area contributed by atoms with Gasteiger partial charge in [-0.2, -0.15) is 5.10 Å². The van der Waals surface area contributed by atoms with Crippen LogP contribution < -0.4 is 11.1 Å². The number of nitrogens with two attached hydrogens (primary N) is 1. The van der Waals surface area contributed by atoms with Gasteiger partial charge in [-0.3, -0.25) is 19.1 Å². The summed E-state index contributed by atoms with van der Waals surface area (Å²) in [6.45, 7) is -0.214. The molecule has 3 amide bonds. The summed E-state index contributed by atoms with van der Waals surface area (Å²) in [5.41, 5.74) is 7.64. The second-order valence-corrected chi connectivity index (χ2v) is 11.7. The highest BCUT2D eigenvalue weighted by molar-refractivity contribution is 6.33. The maximum Gasteiger partial charge on any atom is 0.269 e. The molecule has 0 bridgehead atoms. The average Bonchev–Trinajstić information content (AvgIpc) is 3.52. The van der Waals surface area contributed by atoms with Crippen molar-refractivity contribution >= 4 is 45.9 Å². The van der Waals surface area contributed by atoms with Gasteiger partial charge in [0.15, 0.2) is 17.3 Å². The van der Waals surface area contributed by atoms with Crippen LogP contribution in [0.5, 0.6) is 0 Å². The zero-order valence-electron chi connectivity index (χ0n) is 23.9. The van der Waals surface area contributed by atoms with Crippen molar-refractivity contribution in [3.63, 3.8) is 0 Å². The molecule has 10 nitrogen and oxygen atoms in total. The lowest BCUT2D eigenvalue weighted by Gasteiger charge is -2.37. The summed E-state index contributed by atoms with van der Waals surface area (Å²) in [6, 6.07) is 17.7. The van der Waals surface area contributed by atoms with Gasteiger partial charge in [-0.05, 0) is 61.6 Å². The van der Waals surface area contributed by atoms with Crippen LogP contribution in [0.2, 0.25) is 5.02 Å². The zero-order valence-corrected chi connectivity index (χ0v) is 24.6. The number of rotatable bonds is 7. The van der Waals surface area contributed by atoms with E-state index in [0.29, 0.717) is 39.3 Å². The molecule has 1 saturated heterocycles. The molecule has 3 atom stereocenters. The molecule has 3 heterocycles. The Morgan fingerprint density at radius 3 is 2.49 bits per heavy atom. The standard InChI is InChI=1S/C33H27ClFN7O3/c34-23-7-2-1-5-20(23)21-6-3-8-24(29(21)35)39-33(45)27-16-18-9-11-25(18)42(27)28(43)17-41-26-12-10-19(32-37-13-4-14-38-32)15-22(26)30(40-41)31(36)44/h1-8,10,12-15,18,25,27H,9,11,16-17H2,(H2,36,44)(H,39,45)/t18-,25-,27+/m1/s1. The lowest BCUT2D eigenvalue weighted by Crippen LogP contribution is -2.50. The second kappa shape index (κ2) is 11.4. The van der Waals surface area contributed by atoms with E-state index in [4.69, 9.17) is 17.3 Å². The van der Waals surface area contributed by atoms with Crippen LogP contribution in [0.3, 0.4) is 0 Å². The number of fused-ring (bicyclic) bond motifs is 2.